The van der Waals surface area contributed by atoms with Crippen LogP contribution in [0, 0.1) is 0 Å². The molecule has 0 amide bonds. The van der Waals surface area contributed by atoms with Crippen molar-refractivity contribution < 1.29 is 28.9 Å². The molecular weight excluding hydrogens is 572 g/mol. The van der Waals surface area contributed by atoms with E-state index in [1.165, 1.54) is 11.8 Å². The quantitative estimate of drug-likeness (QED) is 0.278. The zero-order valence-electron chi connectivity index (χ0n) is 21.2. The molecule has 0 aliphatic carbocycles. The minimum absolute atomic E-state index is 0.00780. The Morgan fingerprint density at radius 3 is 2.47 bits per heavy atom. The Bertz CT molecular complexity index is 1460. The molecule has 3 aromatic rings. The average molecular weight is 600 g/mol. The van der Waals surface area contributed by atoms with Gasteiger partial charge in [-0.3, -0.25) is 4.79 Å². The van der Waals surface area contributed by atoms with Gasteiger partial charge in [-0.05, 0) is 69.3 Å². The first-order valence-electron chi connectivity index (χ1n) is 12.1. The number of fused-ring (bicyclic) bond motifs is 1. The fourth-order valence-electron chi connectivity index (χ4n) is 3.92. The maximum atomic E-state index is 12.8. The monoisotopic (exact) mass is 598 g/mol. The van der Waals surface area contributed by atoms with E-state index < -0.39 is 5.97 Å². The molecule has 0 unspecified atom stereocenters. The van der Waals surface area contributed by atoms with Crippen LogP contribution in [0.1, 0.15) is 26.3 Å². The maximum Gasteiger partial charge on any atom is 0.344 e. The third-order valence-electron chi connectivity index (χ3n) is 5.51. The molecule has 2 aromatic carbocycles. The molecule has 1 aromatic heterocycles. The first kappa shape index (κ1) is 27.5. The molecule has 0 radical (unpaired) electrons. The summed E-state index contributed by atoms with van der Waals surface area (Å²) < 4.78 is 18.5. The Balaban J connectivity index is 1.76. The number of aliphatic hydroxyl groups excluding tert-OH is 1. The average Bonchev–Trinajstić information content (AvgIpc) is 3.37. The molecule has 0 spiro atoms. The zero-order chi connectivity index (χ0) is 27.2. The maximum absolute atomic E-state index is 12.8. The highest BCUT2D eigenvalue weighted by Crippen LogP contribution is 2.41. The summed E-state index contributed by atoms with van der Waals surface area (Å²) in [4.78, 5) is 30.0. The second-order valence-corrected chi connectivity index (χ2v) is 10.0. The zero-order valence-corrected chi connectivity index (χ0v) is 23.6. The lowest BCUT2D eigenvalue weighted by Gasteiger charge is -2.05. The Hall–Kier alpha value is -3.50. The Morgan fingerprint density at radius 2 is 1.79 bits per heavy atom. The van der Waals surface area contributed by atoms with Crippen molar-refractivity contribution in [1.29, 1.82) is 0 Å². The molecule has 1 aliphatic rings. The van der Waals surface area contributed by atoms with Gasteiger partial charge in [-0.1, -0.05) is 27.7 Å². The van der Waals surface area contributed by atoms with Crippen molar-refractivity contribution in [2.75, 3.05) is 19.8 Å². The minimum atomic E-state index is -0.655. The van der Waals surface area contributed by atoms with Crippen LogP contribution in [0.3, 0.4) is 0 Å². The van der Waals surface area contributed by atoms with Gasteiger partial charge < -0.3 is 23.9 Å². The minimum Gasteiger partial charge on any atom is -0.506 e. The van der Waals surface area contributed by atoms with Gasteiger partial charge in [0.15, 0.2) is 0 Å². The molecule has 0 saturated heterocycles. The van der Waals surface area contributed by atoms with E-state index in [1.807, 2.05) is 31.3 Å². The first-order chi connectivity index (χ1) is 18.3. The van der Waals surface area contributed by atoms with Crippen LogP contribution in [0.25, 0.3) is 17.0 Å². The molecule has 8 nitrogen and oxygen atoms in total. The molecule has 10 heteroatoms. The van der Waals surface area contributed by atoms with E-state index in [0.29, 0.717) is 34.6 Å². The molecule has 38 heavy (non-hydrogen) atoms. The number of hydrogen-bond donors (Lipinski definition) is 1. The van der Waals surface area contributed by atoms with Gasteiger partial charge in [0.05, 0.1) is 30.4 Å². The first-order valence-corrected chi connectivity index (χ1v) is 13.7. The van der Waals surface area contributed by atoms with Crippen molar-refractivity contribution in [3.63, 3.8) is 0 Å². The SMILES string of the molecule is CCOC(=O)Cn1cc(/C=C2\SC(=Nc3ccc(OCC)cc3)C(C(=O)OCC)=C2O)c2cc(Br)ccc21. The fraction of sp³-hybridized carbons (Fsp3) is 0.250. The van der Waals surface area contributed by atoms with Gasteiger partial charge in [0.25, 0.3) is 0 Å². The van der Waals surface area contributed by atoms with Crippen LogP contribution in [0.5, 0.6) is 5.75 Å². The van der Waals surface area contributed by atoms with Gasteiger partial charge in [0.2, 0.25) is 0 Å². The Labute approximate surface area is 233 Å². The van der Waals surface area contributed by atoms with E-state index in [2.05, 4.69) is 20.9 Å². The van der Waals surface area contributed by atoms with Crippen LogP contribution >= 0.6 is 27.7 Å². The highest BCUT2D eigenvalue weighted by Gasteiger charge is 2.33. The van der Waals surface area contributed by atoms with Crippen molar-refractivity contribution in [3.8, 4) is 5.75 Å². The van der Waals surface area contributed by atoms with Crippen LogP contribution in [-0.2, 0) is 25.6 Å². The van der Waals surface area contributed by atoms with Gasteiger partial charge in [0, 0.05) is 27.1 Å². The number of ether oxygens (including phenoxy) is 3. The number of rotatable bonds is 9. The third kappa shape index (κ3) is 6.14. The van der Waals surface area contributed by atoms with E-state index >= 15 is 0 Å². The molecule has 0 saturated carbocycles. The van der Waals surface area contributed by atoms with E-state index in [0.717, 1.165) is 20.9 Å². The summed E-state index contributed by atoms with van der Waals surface area (Å²) >= 11 is 4.68. The number of carbonyl (C=O) groups excluding carboxylic acids is 2. The van der Waals surface area contributed by atoms with Crippen molar-refractivity contribution in [1.82, 2.24) is 4.57 Å². The predicted octanol–water partition coefficient (Wildman–Crippen LogP) is 6.56. The number of benzene rings is 2. The Morgan fingerprint density at radius 1 is 1.05 bits per heavy atom. The molecule has 1 aliphatic heterocycles. The summed E-state index contributed by atoms with van der Waals surface area (Å²) in [5, 5.41) is 12.3. The van der Waals surface area contributed by atoms with Gasteiger partial charge in [0.1, 0.15) is 28.7 Å². The molecule has 0 bridgehead atoms. The topological polar surface area (TPSA) is 99.4 Å². The number of aliphatic hydroxyl groups is 1. The lowest BCUT2D eigenvalue weighted by atomic mass is 10.1. The lowest BCUT2D eigenvalue weighted by Crippen LogP contribution is -2.12. The van der Waals surface area contributed by atoms with Crippen LogP contribution in [0.4, 0.5) is 5.69 Å². The number of aliphatic imine (C=N–C) groups is 1. The van der Waals surface area contributed by atoms with E-state index in [4.69, 9.17) is 14.2 Å². The molecule has 1 N–H and O–H groups in total. The summed E-state index contributed by atoms with van der Waals surface area (Å²) in [6.45, 7) is 6.42. The highest BCUT2D eigenvalue weighted by molar-refractivity contribution is 9.10. The van der Waals surface area contributed by atoms with Gasteiger partial charge in [-0.15, -0.1) is 0 Å². The van der Waals surface area contributed by atoms with Crippen LogP contribution in [0.2, 0.25) is 0 Å². The van der Waals surface area contributed by atoms with E-state index in [-0.39, 0.29) is 30.5 Å². The summed E-state index contributed by atoms with van der Waals surface area (Å²) in [7, 11) is 0. The number of nitrogens with zero attached hydrogens (tertiary/aromatic N) is 2. The molecule has 0 fully saturated rings. The predicted molar refractivity (Wildman–Crippen MR) is 153 cm³/mol. The summed E-state index contributed by atoms with van der Waals surface area (Å²) in [6.07, 6.45) is 3.59. The number of carbonyl (C=O) groups is 2. The number of aromatic nitrogens is 1. The number of halogens is 1. The summed E-state index contributed by atoms with van der Waals surface area (Å²) in [5.74, 6) is -0.498. The van der Waals surface area contributed by atoms with Crippen molar-refractivity contribution >= 4 is 67.3 Å². The van der Waals surface area contributed by atoms with Crippen molar-refractivity contribution in [3.05, 3.63) is 74.9 Å². The second-order valence-electron chi connectivity index (χ2n) is 8.08. The smallest absolute Gasteiger partial charge is 0.344 e. The molecule has 0 atom stereocenters. The fourth-order valence-corrected chi connectivity index (χ4v) is 5.31. The van der Waals surface area contributed by atoms with Crippen LogP contribution in [-0.4, -0.2) is 46.5 Å². The molecule has 198 valence electrons. The van der Waals surface area contributed by atoms with Crippen LogP contribution in [0.15, 0.2) is 74.4 Å². The molecule has 4 rings (SSSR count). The summed E-state index contributed by atoms with van der Waals surface area (Å²) in [5.41, 5.74) is 2.19. The van der Waals surface area contributed by atoms with Gasteiger partial charge in [-0.2, -0.15) is 0 Å². The van der Waals surface area contributed by atoms with E-state index in [9.17, 15) is 14.7 Å². The number of esters is 2. The number of thioether (sulfide) groups is 1. The summed E-state index contributed by atoms with van der Waals surface area (Å²) in [6, 6.07) is 12.9. The van der Waals surface area contributed by atoms with E-state index in [1.54, 1.807) is 48.8 Å². The molecular formula is C28H27BrN2O6S. The second kappa shape index (κ2) is 12.4. The van der Waals surface area contributed by atoms with Crippen molar-refractivity contribution in [2.24, 2.45) is 4.99 Å². The van der Waals surface area contributed by atoms with Crippen LogP contribution < -0.4 is 4.74 Å². The van der Waals surface area contributed by atoms with Gasteiger partial charge >= 0.3 is 11.9 Å². The standard InChI is InChI=1S/C28H27BrN2O6S/c1-4-35-20-10-8-19(9-11-20)30-27-25(28(34)37-6-3)26(33)23(38-27)13-17-15-31(16-24(32)36-5-2)22-12-7-18(29)14-21(17)22/h7-15,33H,4-6,16H2,1-3H3/b23-13-,30-27?. The lowest BCUT2D eigenvalue weighted by molar-refractivity contribution is -0.143. The largest absolute Gasteiger partial charge is 0.506 e. The highest BCUT2D eigenvalue weighted by atomic mass is 79.9. The molecule has 2 heterocycles. The third-order valence-corrected chi connectivity index (χ3v) is 7.03. The normalized spacial score (nSPS) is 15.5. The Kier molecular flexibility index (Phi) is 8.96. The van der Waals surface area contributed by atoms with Crippen molar-refractivity contribution in [2.45, 2.75) is 27.3 Å². The van der Waals surface area contributed by atoms with Gasteiger partial charge in [-0.25, -0.2) is 9.79 Å². The number of hydrogen-bond acceptors (Lipinski definition) is 8.